The van der Waals surface area contributed by atoms with Crippen molar-refractivity contribution < 1.29 is 0 Å². The van der Waals surface area contributed by atoms with E-state index >= 15 is 0 Å². The van der Waals surface area contributed by atoms with E-state index in [-0.39, 0.29) is 0 Å². The van der Waals surface area contributed by atoms with E-state index in [9.17, 15) is 0 Å². The van der Waals surface area contributed by atoms with Gasteiger partial charge in [0.2, 0.25) is 0 Å². The first-order chi connectivity index (χ1) is 9.17. The van der Waals surface area contributed by atoms with Crippen LogP contribution < -0.4 is 4.90 Å². The highest BCUT2D eigenvalue weighted by atomic mass is 35.5. The molecular formula is C14H9ClN4. The Balaban J connectivity index is 2.48. The lowest BCUT2D eigenvalue weighted by atomic mass is 10.2. The summed E-state index contributed by atoms with van der Waals surface area (Å²) in [7, 11) is 1.78. The maximum absolute atomic E-state index is 8.95. The average Bonchev–Trinajstić information content (AvgIpc) is 2.47. The third kappa shape index (κ3) is 2.49. The van der Waals surface area contributed by atoms with Gasteiger partial charge in [-0.1, -0.05) is 17.7 Å². The summed E-state index contributed by atoms with van der Waals surface area (Å²) in [5.74, 6) is 0.482. The van der Waals surface area contributed by atoms with Crippen LogP contribution in [-0.4, -0.2) is 12.0 Å². The summed E-state index contributed by atoms with van der Waals surface area (Å²) >= 11 is 6.14. The fourth-order valence-corrected chi connectivity index (χ4v) is 1.94. The van der Waals surface area contributed by atoms with Gasteiger partial charge in [-0.15, -0.1) is 0 Å². The van der Waals surface area contributed by atoms with Gasteiger partial charge in [0.25, 0.3) is 0 Å². The molecule has 19 heavy (non-hydrogen) atoms. The van der Waals surface area contributed by atoms with Crippen molar-refractivity contribution in [1.82, 2.24) is 4.98 Å². The number of hydrogen-bond donors (Lipinski definition) is 0. The number of hydrogen-bond acceptors (Lipinski definition) is 4. The number of pyridine rings is 1. The van der Waals surface area contributed by atoms with Crippen LogP contribution in [0.15, 0.2) is 36.5 Å². The summed E-state index contributed by atoms with van der Waals surface area (Å²) < 4.78 is 0. The number of halogens is 1. The predicted molar refractivity (Wildman–Crippen MR) is 73.2 cm³/mol. The number of benzene rings is 1. The summed E-state index contributed by atoms with van der Waals surface area (Å²) in [6, 6.07) is 12.7. The highest BCUT2D eigenvalue weighted by molar-refractivity contribution is 6.34. The second-order valence-corrected chi connectivity index (χ2v) is 4.21. The normalized spacial score (nSPS) is 9.47. The molecule has 5 heteroatoms. The highest BCUT2D eigenvalue weighted by Crippen LogP contribution is 2.30. The van der Waals surface area contributed by atoms with Crippen LogP contribution in [0.2, 0.25) is 5.02 Å². The van der Waals surface area contributed by atoms with Crippen molar-refractivity contribution in [3.05, 3.63) is 52.7 Å². The fraction of sp³-hybridized carbons (Fsp3) is 0.0714. The first-order valence-corrected chi connectivity index (χ1v) is 5.83. The second kappa shape index (κ2) is 5.39. The van der Waals surface area contributed by atoms with Gasteiger partial charge >= 0.3 is 0 Å². The van der Waals surface area contributed by atoms with E-state index in [1.54, 1.807) is 36.2 Å². The lowest BCUT2D eigenvalue weighted by Gasteiger charge is -2.19. The Morgan fingerprint density at radius 3 is 2.68 bits per heavy atom. The van der Waals surface area contributed by atoms with E-state index in [4.69, 9.17) is 22.1 Å². The topological polar surface area (TPSA) is 63.7 Å². The van der Waals surface area contributed by atoms with Crippen LogP contribution in [0.5, 0.6) is 0 Å². The van der Waals surface area contributed by atoms with Crippen molar-refractivity contribution in [3.8, 4) is 12.1 Å². The molecule has 1 aromatic carbocycles. The lowest BCUT2D eigenvalue weighted by molar-refractivity contribution is 1.12. The monoisotopic (exact) mass is 268 g/mol. The highest BCUT2D eigenvalue weighted by Gasteiger charge is 2.13. The van der Waals surface area contributed by atoms with Gasteiger partial charge in [-0.3, -0.25) is 0 Å². The summed E-state index contributed by atoms with van der Waals surface area (Å²) in [5, 5.41) is 18.2. The third-order valence-electron chi connectivity index (χ3n) is 2.67. The lowest BCUT2D eigenvalue weighted by Crippen LogP contribution is -2.12. The Hall–Kier alpha value is -2.56. The molecule has 0 aliphatic carbocycles. The van der Waals surface area contributed by atoms with Gasteiger partial charge in [0.15, 0.2) is 5.82 Å². The van der Waals surface area contributed by atoms with Crippen molar-refractivity contribution in [2.45, 2.75) is 0 Å². The van der Waals surface area contributed by atoms with Gasteiger partial charge in [-0.2, -0.15) is 10.5 Å². The summed E-state index contributed by atoms with van der Waals surface area (Å²) in [5.41, 5.74) is 1.70. The zero-order chi connectivity index (χ0) is 13.8. The van der Waals surface area contributed by atoms with E-state index in [1.165, 1.54) is 6.20 Å². The second-order valence-electron chi connectivity index (χ2n) is 3.83. The molecule has 0 aliphatic heterocycles. The maximum Gasteiger partial charge on any atom is 0.152 e. The third-order valence-corrected chi connectivity index (χ3v) is 3.04. The Bertz CT molecular complexity index is 697. The molecule has 0 saturated carbocycles. The molecular weight excluding hydrogens is 260 g/mol. The Labute approximate surface area is 116 Å². The number of nitrogens with zero attached hydrogens (tertiary/aromatic N) is 4. The van der Waals surface area contributed by atoms with Gasteiger partial charge in [-0.05, 0) is 24.3 Å². The summed E-state index contributed by atoms with van der Waals surface area (Å²) in [6.45, 7) is 0. The van der Waals surface area contributed by atoms with Crippen LogP contribution >= 0.6 is 11.6 Å². The van der Waals surface area contributed by atoms with Crippen LogP contribution in [0.4, 0.5) is 11.5 Å². The molecule has 0 radical (unpaired) electrons. The van der Waals surface area contributed by atoms with Crippen molar-refractivity contribution in [1.29, 1.82) is 10.5 Å². The van der Waals surface area contributed by atoms with E-state index in [0.29, 0.717) is 22.0 Å². The van der Waals surface area contributed by atoms with Gasteiger partial charge in [-0.25, -0.2) is 4.98 Å². The average molecular weight is 269 g/mol. The summed E-state index contributed by atoms with van der Waals surface area (Å²) in [4.78, 5) is 5.92. The molecule has 1 aromatic heterocycles. The zero-order valence-corrected chi connectivity index (χ0v) is 10.9. The Morgan fingerprint density at radius 1 is 1.21 bits per heavy atom. The first-order valence-electron chi connectivity index (χ1n) is 5.46. The molecule has 0 saturated heterocycles. The number of anilines is 2. The molecule has 2 aromatic rings. The predicted octanol–water partition coefficient (Wildman–Crippen LogP) is 3.25. The van der Waals surface area contributed by atoms with Gasteiger partial charge in [0, 0.05) is 18.9 Å². The van der Waals surface area contributed by atoms with E-state index in [2.05, 4.69) is 11.1 Å². The summed E-state index contributed by atoms with van der Waals surface area (Å²) in [6.07, 6.45) is 1.53. The van der Waals surface area contributed by atoms with Crippen LogP contribution in [0.25, 0.3) is 0 Å². The smallest absolute Gasteiger partial charge is 0.152 e. The zero-order valence-electron chi connectivity index (χ0n) is 10.1. The number of nitriles is 2. The van der Waals surface area contributed by atoms with Crippen molar-refractivity contribution >= 4 is 23.1 Å². The molecule has 0 atom stereocenters. The van der Waals surface area contributed by atoms with Gasteiger partial charge in [0.05, 0.1) is 17.2 Å². The van der Waals surface area contributed by atoms with E-state index in [0.717, 1.165) is 5.69 Å². The Morgan fingerprint density at radius 2 is 2.00 bits per heavy atom. The van der Waals surface area contributed by atoms with E-state index < -0.39 is 0 Å². The van der Waals surface area contributed by atoms with Gasteiger partial charge in [0.1, 0.15) is 11.1 Å². The number of aromatic nitrogens is 1. The largest absolute Gasteiger partial charge is 0.328 e. The molecule has 2 rings (SSSR count). The molecule has 1 heterocycles. The minimum atomic E-state index is 0.301. The van der Waals surface area contributed by atoms with Crippen LogP contribution in [0.3, 0.4) is 0 Å². The van der Waals surface area contributed by atoms with Gasteiger partial charge < -0.3 is 4.90 Å². The molecule has 92 valence electrons. The van der Waals surface area contributed by atoms with E-state index in [1.807, 2.05) is 12.1 Å². The first kappa shape index (κ1) is 12.9. The standard InChI is InChI=1S/C14H9ClN4/c1-19(12-4-2-3-10(7-12)8-16)14-13(15)11(9-17)5-6-18-14/h2-7H,1H3. The quantitative estimate of drug-likeness (QED) is 0.839. The number of rotatable bonds is 2. The molecule has 0 amide bonds. The molecule has 0 spiro atoms. The van der Waals surface area contributed by atoms with Crippen LogP contribution in [0.1, 0.15) is 11.1 Å². The van der Waals surface area contributed by atoms with Crippen molar-refractivity contribution in [3.63, 3.8) is 0 Å². The Kier molecular flexibility index (Phi) is 3.66. The molecule has 0 unspecified atom stereocenters. The van der Waals surface area contributed by atoms with Crippen molar-refractivity contribution in [2.24, 2.45) is 0 Å². The molecule has 0 N–H and O–H groups in total. The fourth-order valence-electron chi connectivity index (χ4n) is 1.66. The SMILES string of the molecule is CN(c1cccc(C#N)c1)c1nccc(C#N)c1Cl. The van der Waals surface area contributed by atoms with Crippen LogP contribution in [-0.2, 0) is 0 Å². The maximum atomic E-state index is 8.95. The molecule has 4 nitrogen and oxygen atoms in total. The van der Waals surface area contributed by atoms with Crippen LogP contribution in [0, 0.1) is 22.7 Å². The molecule has 0 bridgehead atoms. The molecule has 0 fully saturated rings. The minimum absolute atomic E-state index is 0.301. The minimum Gasteiger partial charge on any atom is -0.328 e. The molecule has 0 aliphatic rings. The van der Waals surface area contributed by atoms with Crippen molar-refractivity contribution in [2.75, 3.05) is 11.9 Å².